The first-order chi connectivity index (χ1) is 8.56. The Morgan fingerprint density at radius 3 is 2.72 bits per heavy atom. The van der Waals surface area contributed by atoms with E-state index in [2.05, 4.69) is 31.2 Å². The van der Waals surface area contributed by atoms with Gasteiger partial charge in [0.05, 0.1) is 11.4 Å². The third-order valence-electron chi connectivity index (χ3n) is 2.25. The second-order valence-electron chi connectivity index (χ2n) is 3.57. The molecule has 18 heavy (non-hydrogen) atoms. The first-order valence-corrected chi connectivity index (χ1v) is 6.30. The van der Waals surface area contributed by atoms with E-state index in [1.54, 1.807) is 30.3 Å². The number of carbonyl (C=O) groups excluding carboxylic acids is 1. The molecule has 0 atom stereocenters. The summed E-state index contributed by atoms with van der Waals surface area (Å²) >= 11 is 9.00. The molecular weight excluding hydrogens is 318 g/mol. The van der Waals surface area contributed by atoms with Gasteiger partial charge in [0.15, 0.2) is 0 Å². The number of amides is 1. The number of pyridine rings is 2. The first-order valence-electron chi connectivity index (χ1n) is 5.13. The lowest BCUT2D eigenvalue weighted by molar-refractivity contribution is 0.102. The maximum atomic E-state index is 11.9. The molecule has 0 spiro atoms. The van der Waals surface area contributed by atoms with Gasteiger partial charge in [-0.2, -0.15) is 0 Å². The van der Waals surface area contributed by atoms with Gasteiger partial charge in [-0.25, -0.2) is 9.97 Å². The number of nitrogens with one attached hydrogen (secondary N) is 1. The quantitative estimate of drug-likeness (QED) is 0.860. The van der Waals surface area contributed by atoms with Crippen LogP contribution in [0.1, 0.15) is 16.2 Å². The van der Waals surface area contributed by atoms with Crippen LogP contribution in [-0.2, 0) is 0 Å². The molecule has 0 bridgehead atoms. The fourth-order valence-electron chi connectivity index (χ4n) is 1.38. The van der Waals surface area contributed by atoms with Crippen LogP contribution in [0.3, 0.4) is 0 Å². The van der Waals surface area contributed by atoms with E-state index in [4.69, 9.17) is 11.6 Å². The number of rotatable bonds is 2. The molecule has 2 aromatic heterocycles. The van der Waals surface area contributed by atoms with Gasteiger partial charge in [0.25, 0.3) is 5.91 Å². The van der Waals surface area contributed by atoms with Crippen LogP contribution < -0.4 is 5.32 Å². The summed E-state index contributed by atoms with van der Waals surface area (Å²) in [5, 5.41) is 3.02. The average Bonchev–Trinajstić information content (AvgIpc) is 2.32. The average molecular weight is 327 g/mol. The number of nitrogens with zero attached hydrogens (tertiary/aromatic N) is 2. The van der Waals surface area contributed by atoms with E-state index < -0.39 is 0 Å². The maximum Gasteiger partial charge on any atom is 0.274 e. The zero-order valence-corrected chi connectivity index (χ0v) is 11.8. The van der Waals surface area contributed by atoms with Crippen molar-refractivity contribution in [3.8, 4) is 0 Å². The summed E-state index contributed by atoms with van der Waals surface area (Å²) in [7, 11) is 0. The number of hydrogen-bond donors (Lipinski definition) is 1. The maximum absolute atomic E-state index is 11.9. The molecule has 0 aliphatic heterocycles. The summed E-state index contributed by atoms with van der Waals surface area (Å²) in [5.41, 5.74) is 1.63. The molecule has 2 heterocycles. The van der Waals surface area contributed by atoms with Crippen molar-refractivity contribution < 1.29 is 4.79 Å². The molecule has 0 radical (unpaired) electrons. The number of anilines is 1. The fraction of sp³-hybridized carbons (Fsp3) is 0.0833. The van der Waals surface area contributed by atoms with Gasteiger partial charge in [-0.05, 0) is 47.1 Å². The van der Waals surface area contributed by atoms with Crippen molar-refractivity contribution in [1.82, 2.24) is 9.97 Å². The first kappa shape index (κ1) is 13.0. The van der Waals surface area contributed by atoms with Crippen LogP contribution >= 0.6 is 27.5 Å². The molecule has 0 aromatic carbocycles. The smallest absolute Gasteiger partial charge is 0.274 e. The summed E-state index contributed by atoms with van der Waals surface area (Å²) in [6, 6.07) is 8.42. The Bertz CT molecular complexity index is 604. The molecule has 0 aliphatic rings. The second-order valence-corrected chi connectivity index (χ2v) is 4.77. The minimum Gasteiger partial charge on any atom is -0.319 e. The van der Waals surface area contributed by atoms with Gasteiger partial charge in [-0.15, -0.1) is 0 Å². The van der Waals surface area contributed by atoms with Crippen molar-refractivity contribution in [1.29, 1.82) is 0 Å². The van der Waals surface area contributed by atoms with Gasteiger partial charge >= 0.3 is 0 Å². The molecule has 2 rings (SSSR count). The molecule has 0 unspecified atom stereocenters. The van der Waals surface area contributed by atoms with Gasteiger partial charge in [0.2, 0.25) is 0 Å². The van der Waals surface area contributed by atoms with Crippen LogP contribution in [-0.4, -0.2) is 15.9 Å². The third kappa shape index (κ3) is 3.05. The van der Waals surface area contributed by atoms with Crippen LogP contribution in [0.15, 0.2) is 34.9 Å². The SMILES string of the molecule is Cc1nc(Br)ccc1NC(=O)c1cccc(Cl)n1. The Kier molecular flexibility index (Phi) is 3.93. The summed E-state index contributed by atoms with van der Waals surface area (Å²) in [6.45, 7) is 1.81. The Morgan fingerprint density at radius 2 is 2.06 bits per heavy atom. The lowest BCUT2D eigenvalue weighted by Gasteiger charge is -2.07. The molecular formula is C12H9BrClN3O. The summed E-state index contributed by atoms with van der Waals surface area (Å²) in [5.74, 6) is -0.315. The van der Waals surface area contributed by atoms with E-state index in [1.165, 1.54) is 0 Å². The normalized spacial score (nSPS) is 10.2. The lowest BCUT2D eigenvalue weighted by atomic mass is 10.3. The highest BCUT2D eigenvalue weighted by molar-refractivity contribution is 9.10. The molecule has 4 nitrogen and oxygen atoms in total. The van der Waals surface area contributed by atoms with Crippen LogP contribution in [0.2, 0.25) is 5.15 Å². The summed E-state index contributed by atoms with van der Waals surface area (Å²) in [6.07, 6.45) is 0. The molecule has 1 N–H and O–H groups in total. The van der Waals surface area contributed by atoms with Crippen molar-refractivity contribution in [2.24, 2.45) is 0 Å². The number of aromatic nitrogens is 2. The van der Waals surface area contributed by atoms with Gasteiger partial charge in [-0.3, -0.25) is 4.79 Å². The van der Waals surface area contributed by atoms with Crippen LogP contribution in [0, 0.1) is 6.92 Å². The van der Waals surface area contributed by atoms with Crippen LogP contribution in [0.4, 0.5) is 5.69 Å². The summed E-state index contributed by atoms with van der Waals surface area (Å²) in [4.78, 5) is 20.1. The molecule has 92 valence electrons. The van der Waals surface area contributed by atoms with E-state index in [0.29, 0.717) is 5.69 Å². The Morgan fingerprint density at radius 1 is 1.28 bits per heavy atom. The van der Waals surface area contributed by atoms with Crippen molar-refractivity contribution in [2.45, 2.75) is 6.92 Å². The second kappa shape index (κ2) is 5.46. The molecule has 6 heteroatoms. The van der Waals surface area contributed by atoms with E-state index in [1.807, 2.05) is 6.92 Å². The minimum absolute atomic E-state index is 0.268. The molecule has 2 aromatic rings. The lowest BCUT2D eigenvalue weighted by Crippen LogP contribution is -2.14. The molecule has 1 amide bonds. The largest absolute Gasteiger partial charge is 0.319 e. The fourth-order valence-corrected chi connectivity index (χ4v) is 1.95. The highest BCUT2D eigenvalue weighted by atomic mass is 79.9. The van der Waals surface area contributed by atoms with E-state index in [9.17, 15) is 4.79 Å². The third-order valence-corrected chi connectivity index (χ3v) is 2.90. The van der Waals surface area contributed by atoms with Crippen LogP contribution in [0.25, 0.3) is 0 Å². The van der Waals surface area contributed by atoms with Crippen molar-refractivity contribution in [2.75, 3.05) is 5.32 Å². The van der Waals surface area contributed by atoms with Gasteiger partial charge < -0.3 is 5.32 Å². The zero-order chi connectivity index (χ0) is 13.1. The van der Waals surface area contributed by atoms with Crippen molar-refractivity contribution in [3.05, 3.63) is 51.5 Å². The Labute approximate surface area is 118 Å². The molecule has 0 saturated heterocycles. The Balaban J connectivity index is 2.21. The predicted molar refractivity (Wildman–Crippen MR) is 73.9 cm³/mol. The van der Waals surface area contributed by atoms with Crippen molar-refractivity contribution in [3.63, 3.8) is 0 Å². The van der Waals surface area contributed by atoms with Crippen LogP contribution in [0.5, 0.6) is 0 Å². The highest BCUT2D eigenvalue weighted by Crippen LogP contribution is 2.17. The van der Waals surface area contributed by atoms with E-state index >= 15 is 0 Å². The molecule has 0 fully saturated rings. The van der Waals surface area contributed by atoms with Gasteiger partial charge in [0, 0.05) is 0 Å². The highest BCUT2D eigenvalue weighted by Gasteiger charge is 2.10. The molecule has 0 saturated carbocycles. The predicted octanol–water partition coefficient (Wildman–Crippen LogP) is 3.45. The topological polar surface area (TPSA) is 54.9 Å². The van der Waals surface area contributed by atoms with E-state index in [-0.39, 0.29) is 16.8 Å². The minimum atomic E-state index is -0.315. The number of aryl methyl sites for hydroxylation is 1. The summed E-state index contributed by atoms with van der Waals surface area (Å²) < 4.78 is 0.721. The Hall–Kier alpha value is -1.46. The molecule has 0 aliphatic carbocycles. The van der Waals surface area contributed by atoms with Gasteiger partial charge in [-0.1, -0.05) is 17.7 Å². The van der Waals surface area contributed by atoms with E-state index in [0.717, 1.165) is 10.3 Å². The number of hydrogen-bond acceptors (Lipinski definition) is 3. The van der Waals surface area contributed by atoms with Gasteiger partial charge in [0.1, 0.15) is 15.5 Å². The number of halogens is 2. The standard InChI is InChI=1S/C12H9BrClN3O/c1-7-8(5-6-10(13)15-7)17-12(18)9-3-2-4-11(14)16-9/h2-6H,1H3,(H,17,18). The zero-order valence-electron chi connectivity index (χ0n) is 9.45. The van der Waals surface area contributed by atoms with Crippen molar-refractivity contribution >= 4 is 39.1 Å². The monoisotopic (exact) mass is 325 g/mol. The number of carbonyl (C=O) groups is 1.